The fraction of sp³-hybridized carbons (Fsp3) is 0.235. The number of aliphatic hydroxyl groups is 1. The number of anilines is 2. The maximum absolute atomic E-state index is 12.0. The molecule has 0 saturated carbocycles. The van der Waals surface area contributed by atoms with Crippen molar-refractivity contribution in [2.75, 3.05) is 11.9 Å². The molecule has 6 heteroatoms. The summed E-state index contributed by atoms with van der Waals surface area (Å²) in [5, 5.41) is 20.6. The number of rotatable bonds is 6. The monoisotopic (exact) mass is 313 g/mol. The molecule has 3 N–H and O–H groups in total. The number of pyridine rings is 1. The normalized spacial score (nSPS) is 10.2. The summed E-state index contributed by atoms with van der Waals surface area (Å²) in [6.07, 6.45) is 0. The zero-order valence-corrected chi connectivity index (χ0v) is 13.1. The van der Waals surface area contributed by atoms with E-state index in [1.807, 2.05) is 30.3 Å². The van der Waals surface area contributed by atoms with Gasteiger partial charge in [-0.15, -0.1) is 0 Å². The zero-order valence-electron chi connectivity index (χ0n) is 13.1. The van der Waals surface area contributed by atoms with Crippen molar-refractivity contribution in [1.29, 1.82) is 5.41 Å². The van der Waals surface area contributed by atoms with Gasteiger partial charge in [-0.2, -0.15) is 0 Å². The third kappa shape index (κ3) is 3.92. The van der Waals surface area contributed by atoms with Crippen LogP contribution in [-0.4, -0.2) is 28.4 Å². The van der Waals surface area contributed by atoms with Gasteiger partial charge < -0.3 is 20.6 Å². The molecule has 1 aromatic carbocycles. The summed E-state index contributed by atoms with van der Waals surface area (Å²) in [6.45, 7) is 3.26. The molecule has 1 aromatic heterocycles. The van der Waals surface area contributed by atoms with Gasteiger partial charge in [0.15, 0.2) is 5.69 Å². The Kier molecular flexibility index (Phi) is 5.43. The second-order valence-electron chi connectivity index (χ2n) is 4.88. The van der Waals surface area contributed by atoms with Crippen LogP contribution in [0, 0.1) is 5.41 Å². The van der Waals surface area contributed by atoms with Crippen molar-refractivity contribution in [2.24, 2.45) is 0 Å². The Morgan fingerprint density at radius 1 is 1.35 bits per heavy atom. The molecule has 0 fully saturated rings. The molecule has 0 spiro atoms. The number of carbonyl (C=O) groups is 1. The molecule has 6 nitrogen and oxygen atoms in total. The molecule has 0 saturated heterocycles. The van der Waals surface area contributed by atoms with Gasteiger partial charge in [-0.3, -0.25) is 0 Å². The summed E-state index contributed by atoms with van der Waals surface area (Å²) in [4.78, 5) is 16.2. The third-order valence-corrected chi connectivity index (χ3v) is 3.17. The summed E-state index contributed by atoms with van der Waals surface area (Å²) in [5.41, 5.74) is 2.04. The summed E-state index contributed by atoms with van der Waals surface area (Å²) >= 11 is 0. The lowest BCUT2D eigenvalue weighted by atomic mass is 10.0. The minimum atomic E-state index is -0.563. The van der Waals surface area contributed by atoms with E-state index in [-0.39, 0.29) is 24.6 Å². The molecular weight excluding hydrogens is 294 g/mol. The van der Waals surface area contributed by atoms with Crippen molar-refractivity contribution in [3.63, 3.8) is 0 Å². The molecule has 0 aliphatic rings. The highest BCUT2D eigenvalue weighted by Gasteiger charge is 2.18. The van der Waals surface area contributed by atoms with E-state index in [1.165, 1.54) is 6.07 Å². The van der Waals surface area contributed by atoms with E-state index in [2.05, 4.69) is 10.3 Å². The topological polar surface area (TPSA) is 95.3 Å². The highest BCUT2D eigenvalue weighted by Crippen LogP contribution is 2.24. The minimum absolute atomic E-state index is 0.0966. The Morgan fingerprint density at radius 2 is 2.04 bits per heavy atom. The van der Waals surface area contributed by atoms with Crippen LogP contribution >= 0.6 is 0 Å². The fourth-order valence-electron chi connectivity index (χ4n) is 2.20. The maximum atomic E-state index is 12.0. The van der Waals surface area contributed by atoms with Gasteiger partial charge in [-0.05, 0) is 37.6 Å². The quantitative estimate of drug-likeness (QED) is 0.563. The standard InChI is InChI=1S/C17H19N3O3/c1-3-23-17(22)14-9-12(10-21)15(11(2)18)16(20-14)19-13-7-5-4-6-8-13/h4-9,18,21H,3,10H2,1-2H3,(H,19,20). The minimum Gasteiger partial charge on any atom is -0.461 e. The number of nitrogens with one attached hydrogen (secondary N) is 2. The molecule has 23 heavy (non-hydrogen) atoms. The van der Waals surface area contributed by atoms with Gasteiger partial charge in [0, 0.05) is 17.0 Å². The van der Waals surface area contributed by atoms with E-state index in [4.69, 9.17) is 10.1 Å². The number of benzene rings is 1. The predicted octanol–water partition coefficient (Wildman–Crippen LogP) is 2.88. The van der Waals surface area contributed by atoms with Crippen LogP contribution in [0.5, 0.6) is 0 Å². The molecule has 0 amide bonds. The summed E-state index contributed by atoms with van der Waals surface area (Å²) in [7, 11) is 0. The molecule has 1 heterocycles. The lowest BCUT2D eigenvalue weighted by molar-refractivity contribution is 0.0519. The molecule has 0 unspecified atom stereocenters. The van der Waals surface area contributed by atoms with E-state index in [1.54, 1.807) is 13.8 Å². The van der Waals surface area contributed by atoms with Crippen LogP contribution in [-0.2, 0) is 11.3 Å². The Hall–Kier alpha value is -2.73. The van der Waals surface area contributed by atoms with Crippen LogP contribution < -0.4 is 5.32 Å². The molecule has 0 atom stereocenters. The number of esters is 1. The van der Waals surface area contributed by atoms with Crippen molar-refractivity contribution in [3.05, 3.63) is 53.2 Å². The first-order valence-electron chi connectivity index (χ1n) is 7.26. The number of carbonyl (C=O) groups excluding carboxylic acids is 1. The number of aliphatic hydroxyl groups excluding tert-OH is 1. The molecule has 0 bridgehead atoms. The second-order valence-corrected chi connectivity index (χ2v) is 4.88. The van der Waals surface area contributed by atoms with Gasteiger partial charge in [-0.25, -0.2) is 9.78 Å². The summed E-state index contributed by atoms with van der Waals surface area (Å²) < 4.78 is 4.97. The van der Waals surface area contributed by atoms with Gasteiger partial charge in [0.25, 0.3) is 0 Å². The van der Waals surface area contributed by atoms with E-state index >= 15 is 0 Å². The van der Waals surface area contributed by atoms with Gasteiger partial charge in [0.2, 0.25) is 0 Å². The number of ether oxygens (including phenoxy) is 1. The Labute approximate surface area is 134 Å². The molecule has 2 aromatic rings. The Balaban J connectivity index is 2.53. The highest BCUT2D eigenvalue weighted by atomic mass is 16.5. The first-order chi connectivity index (χ1) is 11.1. The summed E-state index contributed by atoms with van der Waals surface area (Å²) in [5.74, 6) is -0.217. The summed E-state index contributed by atoms with van der Waals surface area (Å²) in [6, 6.07) is 10.8. The highest BCUT2D eigenvalue weighted by molar-refractivity contribution is 6.03. The number of hydrogen-bond acceptors (Lipinski definition) is 6. The van der Waals surface area contributed by atoms with Gasteiger partial charge in [-0.1, -0.05) is 18.2 Å². The largest absolute Gasteiger partial charge is 0.461 e. The first kappa shape index (κ1) is 16.6. The van der Waals surface area contributed by atoms with Crippen LogP contribution in [0.25, 0.3) is 0 Å². The number of hydrogen-bond donors (Lipinski definition) is 3. The third-order valence-electron chi connectivity index (χ3n) is 3.17. The van der Waals surface area contributed by atoms with E-state index in [0.717, 1.165) is 5.69 Å². The van der Waals surface area contributed by atoms with Crippen LogP contribution in [0.1, 0.15) is 35.5 Å². The maximum Gasteiger partial charge on any atom is 0.357 e. The zero-order chi connectivity index (χ0) is 16.8. The average Bonchev–Trinajstić information content (AvgIpc) is 2.55. The molecule has 2 rings (SSSR count). The van der Waals surface area contributed by atoms with Crippen LogP contribution in [0.2, 0.25) is 0 Å². The van der Waals surface area contributed by atoms with Crippen molar-refractivity contribution in [3.8, 4) is 0 Å². The van der Waals surface area contributed by atoms with E-state index < -0.39 is 5.97 Å². The number of aromatic nitrogens is 1. The van der Waals surface area contributed by atoms with E-state index in [9.17, 15) is 9.90 Å². The average molecular weight is 313 g/mol. The van der Waals surface area contributed by atoms with Gasteiger partial charge >= 0.3 is 5.97 Å². The molecule has 0 aliphatic carbocycles. The lowest BCUT2D eigenvalue weighted by Gasteiger charge is -2.15. The van der Waals surface area contributed by atoms with Crippen LogP contribution in [0.15, 0.2) is 36.4 Å². The van der Waals surface area contributed by atoms with Crippen LogP contribution in [0.4, 0.5) is 11.5 Å². The van der Waals surface area contributed by atoms with Crippen molar-refractivity contribution in [1.82, 2.24) is 4.98 Å². The number of para-hydroxylation sites is 1. The molecule has 0 radical (unpaired) electrons. The first-order valence-corrected chi connectivity index (χ1v) is 7.26. The molecular formula is C17H19N3O3. The molecule has 120 valence electrons. The van der Waals surface area contributed by atoms with Gasteiger partial charge in [0.1, 0.15) is 5.82 Å². The van der Waals surface area contributed by atoms with Crippen molar-refractivity contribution in [2.45, 2.75) is 20.5 Å². The van der Waals surface area contributed by atoms with Crippen molar-refractivity contribution < 1.29 is 14.6 Å². The number of nitrogens with zero attached hydrogens (tertiary/aromatic N) is 1. The van der Waals surface area contributed by atoms with Crippen LogP contribution in [0.3, 0.4) is 0 Å². The fourth-order valence-corrected chi connectivity index (χ4v) is 2.20. The molecule has 0 aliphatic heterocycles. The van der Waals surface area contributed by atoms with Gasteiger partial charge in [0.05, 0.1) is 13.2 Å². The smallest absolute Gasteiger partial charge is 0.357 e. The SMILES string of the molecule is CCOC(=O)c1cc(CO)c(C(C)=N)c(Nc2ccccc2)n1. The van der Waals surface area contributed by atoms with Crippen molar-refractivity contribution >= 4 is 23.2 Å². The Bertz CT molecular complexity index is 715. The van der Waals surface area contributed by atoms with E-state index in [0.29, 0.717) is 16.9 Å². The second kappa shape index (κ2) is 7.51. The lowest BCUT2D eigenvalue weighted by Crippen LogP contribution is -2.14. The Morgan fingerprint density at radius 3 is 2.61 bits per heavy atom. The predicted molar refractivity (Wildman–Crippen MR) is 88.3 cm³/mol.